The van der Waals surface area contributed by atoms with E-state index in [1.165, 1.54) is 12.3 Å². The second-order valence-corrected chi connectivity index (χ2v) is 5.15. The zero-order valence-corrected chi connectivity index (χ0v) is 12.4. The number of hydrogen-bond acceptors (Lipinski definition) is 3. The molecule has 1 amide bonds. The van der Waals surface area contributed by atoms with Gasteiger partial charge in [-0.15, -0.1) is 0 Å². The minimum atomic E-state index is -0.802. The maximum Gasteiger partial charge on any atom is 0.303 e. The summed E-state index contributed by atoms with van der Waals surface area (Å²) in [6.07, 6.45) is 3.74. The average Bonchev–Trinajstić information content (AvgIpc) is 2.42. The van der Waals surface area contributed by atoms with Crippen LogP contribution in [0.25, 0.3) is 0 Å². The normalized spacial score (nSPS) is 11.9. The van der Waals surface area contributed by atoms with Crippen molar-refractivity contribution in [1.29, 1.82) is 0 Å². The van der Waals surface area contributed by atoms with Crippen LogP contribution in [-0.2, 0) is 4.79 Å². The average molecular weight is 294 g/mol. The van der Waals surface area contributed by atoms with E-state index in [1.54, 1.807) is 6.92 Å². The highest BCUT2D eigenvalue weighted by Crippen LogP contribution is 2.14. The first-order valence-electron chi connectivity index (χ1n) is 7.13. The predicted molar refractivity (Wildman–Crippen MR) is 79.4 cm³/mol. The number of aliphatic carboxylic acids is 1. The molecule has 6 heteroatoms. The van der Waals surface area contributed by atoms with Crippen LogP contribution in [0.15, 0.2) is 17.1 Å². The Bertz CT molecular complexity index is 551. The molecule has 0 saturated carbocycles. The Hall–Kier alpha value is -2.11. The molecule has 0 aliphatic carbocycles. The molecule has 0 aromatic carbocycles. The van der Waals surface area contributed by atoms with Crippen LogP contribution in [0, 0.1) is 12.8 Å². The Morgan fingerprint density at radius 1 is 1.38 bits per heavy atom. The fourth-order valence-corrected chi connectivity index (χ4v) is 2.12. The summed E-state index contributed by atoms with van der Waals surface area (Å²) < 4.78 is 0. The monoisotopic (exact) mass is 294 g/mol. The third kappa shape index (κ3) is 5.81. The quantitative estimate of drug-likeness (QED) is 0.679. The number of carbonyl (C=O) groups excluding carboxylic acids is 1. The largest absolute Gasteiger partial charge is 0.481 e. The highest BCUT2D eigenvalue weighted by Gasteiger charge is 2.12. The summed E-state index contributed by atoms with van der Waals surface area (Å²) in [5.74, 6) is -0.939. The summed E-state index contributed by atoms with van der Waals surface area (Å²) in [5.41, 5.74) is 0.497. The van der Waals surface area contributed by atoms with Crippen LogP contribution in [0.4, 0.5) is 0 Å². The number of amides is 1. The number of carbonyl (C=O) groups is 2. The van der Waals surface area contributed by atoms with Crippen LogP contribution in [0.5, 0.6) is 0 Å². The van der Waals surface area contributed by atoms with E-state index in [1.807, 2.05) is 6.92 Å². The summed E-state index contributed by atoms with van der Waals surface area (Å²) in [7, 11) is 0. The van der Waals surface area contributed by atoms with Crippen molar-refractivity contribution < 1.29 is 14.7 Å². The Kier molecular flexibility index (Phi) is 6.65. The Labute approximate surface area is 123 Å². The van der Waals surface area contributed by atoms with Crippen molar-refractivity contribution in [2.24, 2.45) is 5.92 Å². The molecule has 0 aliphatic heterocycles. The summed E-state index contributed by atoms with van der Waals surface area (Å²) in [6.45, 7) is 4.18. The highest BCUT2D eigenvalue weighted by atomic mass is 16.4. The molecule has 0 radical (unpaired) electrons. The summed E-state index contributed by atoms with van der Waals surface area (Å²) in [6, 6.07) is 1.39. The van der Waals surface area contributed by atoms with E-state index in [4.69, 9.17) is 5.11 Å². The molecule has 0 fully saturated rings. The van der Waals surface area contributed by atoms with Crippen LogP contribution < -0.4 is 10.7 Å². The zero-order chi connectivity index (χ0) is 15.8. The van der Waals surface area contributed by atoms with E-state index in [0.717, 1.165) is 6.42 Å². The second kappa shape index (κ2) is 8.24. The van der Waals surface area contributed by atoms with Crippen LogP contribution in [0.1, 0.15) is 48.7 Å². The SMILES string of the molecule is CCC(CCNC(=O)c1c[nH]c(C)cc1=O)CCC(=O)O. The number of carboxylic acid groups (broad SMARTS) is 1. The van der Waals surface area contributed by atoms with E-state index in [9.17, 15) is 14.4 Å². The van der Waals surface area contributed by atoms with Gasteiger partial charge in [0, 0.05) is 30.9 Å². The van der Waals surface area contributed by atoms with Crippen molar-refractivity contribution in [1.82, 2.24) is 10.3 Å². The van der Waals surface area contributed by atoms with Gasteiger partial charge in [-0.2, -0.15) is 0 Å². The number of H-pyrrole nitrogens is 1. The lowest BCUT2D eigenvalue weighted by Gasteiger charge is -2.13. The smallest absolute Gasteiger partial charge is 0.303 e. The van der Waals surface area contributed by atoms with E-state index in [0.29, 0.717) is 25.1 Å². The molecule has 0 bridgehead atoms. The van der Waals surface area contributed by atoms with Crippen molar-refractivity contribution >= 4 is 11.9 Å². The van der Waals surface area contributed by atoms with Crippen LogP contribution in [-0.4, -0.2) is 28.5 Å². The first-order chi connectivity index (χ1) is 9.93. The number of pyridine rings is 1. The molecule has 3 N–H and O–H groups in total. The van der Waals surface area contributed by atoms with Crippen molar-refractivity contribution in [3.8, 4) is 0 Å². The number of aromatic nitrogens is 1. The van der Waals surface area contributed by atoms with Gasteiger partial charge < -0.3 is 15.4 Å². The minimum absolute atomic E-state index is 0.0965. The van der Waals surface area contributed by atoms with Gasteiger partial charge in [0.15, 0.2) is 5.43 Å². The molecule has 1 heterocycles. The number of aryl methyl sites for hydroxylation is 1. The molecule has 1 unspecified atom stereocenters. The molecule has 1 atom stereocenters. The number of carboxylic acids is 1. The maximum absolute atomic E-state index is 11.9. The molecule has 0 saturated heterocycles. The first kappa shape index (κ1) is 16.9. The predicted octanol–water partition coefficient (Wildman–Crippen LogP) is 1.69. The van der Waals surface area contributed by atoms with Crippen molar-refractivity contribution in [2.75, 3.05) is 6.54 Å². The van der Waals surface area contributed by atoms with Crippen molar-refractivity contribution in [3.63, 3.8) is 0 Å². The molecule has 1 aromatic rings. The van der Waals surface area contributed by atoms with E-state index >= 15 is 0 Å². The molecular weight excluding hydrogens is 272 g/mol. The summed E-state index contributed by atoms with van der Waals surface area (Å²) in [4.78, 5) is 36.9. The van der Waals surface area contributed by atoms with Gasteiger partial charge in [-0.1, -0.05) is 13.3 Å². The van der Waals surface area contributed by atoms with Gasteiger partial charge in [-0.05, 0) is 25.7 Å². The Balaban J connectivity index is 2.45. The summed E-state index contributed by atoms with van der Waals surface area (Å²) >= 11 is 0. The lowest BCUT2D eigenvalue weighted by atomic mass is 9.96. The number of hydrogen-bond donors (Lipinski definition) is 3. The fourth-order valence-electron chi connectivity index (χ4n) is 2.12. The van der Waals surface area contributed by atoms with Crippen molar-refractivity contribution in [2.45, 2.75) is 39.5 Å². The fraction of sp³-hybridized carbons (Fsp3) is 0.533. The first-order valence-corrected chi connectivity index (χ1v) is 7.13. The van der Waals surface area contributed by atoms with Crippen LogP contribution >= 0.6 is 0 Å². The number of nitrogens with one attached hydrogen (secondary N) is 2. The zero-order valence-electron chi connectivity index (χ0n) is 12.4. The Morgan fingerprint density at radius 3 is 2.67 bits per heavy atom. The molecule has 0 aliphatic rings. The lowest BCUT2D eigenvalue weighted by Crippen LogP contribution is -2.30. The van der Waals surface area contributed by atoms with Gasteiger partial charge in [0.1, 0.15) is 5.56 Å². The second-order valence-electron chi connectivity index (χ2n) is 5.15. The molecular formula is C15H22N2O4. The van der Waals surface area contributed by atoms with Crippen LogP contribution in [0.2, 0.25) is 0 Å². The molecule has 1 rings (SSSR count). The van der Waals surface area contributed by atoms with Crippen LogP contribution in [0.3, 0.4) is 0 Å². The molecule has 6 nitrogen and oxygen atoms in total. The van der Waals surface area contributed by atoms with Gasteiger partial charge in [-0.25, -0.2) is 0 Å². The van der Waals surface area contributed by atoms with E-state index < -0.39 is 11.9 Å². The maximum atomic E-state index is 11.9. The molecule has 116 valence electrons. The minimum Gasteiger partial charge on any atom is -0.481 e. The van der Waals surface area contributed by atoms with Crippen molar-refractivity contribution in [3.05, 3.63) is 33.7 Å². The lowest BCUT2D eigenvalue weighted by molar-refractivity contribution is -0.137. The van der Waals surface area contributed by atoms with Gasteiger partial charge in [0.2, 0.25) is 0 Å². The van der Waals surface area contributed by atoms with Gasteiger partial charge >= 0.3 is 5.97 Å². The Morgan fingerprint density at radius 2 is 2.10 bits per heavy atom. The topological polar surface area (TPSA) is 99.3 Å². The summed E-state index contributed by atoms with van der Waals surface area (Å²) in [5, 5.41) is 11.4. The van der Waals surface area contributed by atoms with Gasteiger partial charge in [0.05, 0.1) is 0 Å². The molecule has 0 spiro atoms. The third-order valence-corrected chi connectivity index (χ3v) is 3.48. The highest BCUT2D eigenvalue weighted by molar-refractivity contribution is 5.93. The van der Waals surface area contributed by atoms with Gasteiger partial charge in [-0.3, -0.25) is 14.4 Å². The number of rotatable bonds is 8. The number of aromatic amines is 1. The van der Waals surface area contributed by atoms with E-state index in [-0.39, 0.29) is 23.3 Å². The molecule has 1 aromatic heterocycles. The standard InChI is InChI=1S/C15H22N2O4/c1-3-11(4-5-14(19)20)6-7-16-15(21)12-9-17-10(2)8-13(12)18/h8-9,11H,3-7H2,1-2H3,(H,16,21)(H,17,18)(H,19,20). The van der Waals surface area contributed by atoms with E-state index in [2.05, 4.69) is 10.3 Å². The van der Waals surface area contributed by atoms with Gasteiger partial charge in [0.25, 0.3) is 5.91 Å². The molecule has 21 heavy (non-hydrogen) atoms. The third-order valence-electron chi connectivity index (χ3n) is 3.48.